The van der Waals surface area contributed by atoms with Crippen molar-refractivity contribution in [2.75, 3.05) is 10.2 Å². The summed E-state index contributed by atoms with van der Waals surface area (Å²) < 4.78 is 0. The third kappa shape index (κ3) is 3.34. The fourth-order valence-electron chi connectivity index (χ4n) is 3.27. The lowest BCUT2D eigenvalue weighted by atomic mass is 10.1. The Morgan fingerprint density at radius 1 is 0.821 bits per heavy atom. The molecule has 1 aromatic heterocycles. The largest absolute Gasteiger partial charge is 1.00 e. The summed E-state index contributed by atoms with van der Waals surface area (Å²) in [6, 6.07) is 26.1. The second-order valence-corrected chi connectivity index (χ2v) is 6.74. The molecule has 0 saturated heterocycles. The third-order valence-electron chi connectivity index (χ3n) is 4.59. The second kappa shape index (κ2) is 7.83. The summed E-state index contributed by atoms with van der Waals surface area (Å²) in [5.41, 5.74) is 6.20. The number of nitrogens with two attached hydrogens (primary N) is 1. The van der Waals surface area contributed by atoms with Crippen LogP contribution < -0.4 is 39.6 Å². The molecule has 1 aliphatic rings. The fourth-order valence-corrected chi connectivity index (χ4v) is 3.40. The van der Waals surface area contributed by atoms with E-state index in [9.17, 15) is 0 Å². The molecule has 0 amide bonds. The van der Waals surface area contributed by atoms with E-state index in [1.807, 2.05) is 71.0 Å². The molecule has 1 aliphatic heterocycles. The Morgan fingerprint density at radius 2 is 1.54 bits per heavy atom. The van der Waals surface area contributed by atoms with Gasteiger partial charge in [0.05, 0.1) is 11.3 Å². The number of benzene rings is 3. The minimum atomic E-state index is 0. The first-order chi connectivity index (χ1) is 13.3. The smallest absolute Gasteiger partial charge is 0.279 e. The minimum absolute atomic E-state index is 0. The van der Waals surface area contributed by atoms with Crippen LogP contribution in [-0.2, 0) is 0 Å². The first-order valence-electron chi connectivity index (χ1n) is 8.69. The zero-order valence-corrected chi connectivity index (χ0v) is 17.7. The van der Waals surface area contributed by atoms with Gasteiger partial charge in [-0.25, -0.2) is 0 Å². The van der Waals surface area contributed by atoms with E-state index in [0.29, 0.717) is 5.02 Å². The minimum Gasteiger partial charge on any atom is -1.00 e. The number of H-pyrrole nitrogens is 1. The van der Waals surface area contributed by atoms with E-state index in [1.165, 1.54) is 0 Å². The summed E-state index contributed by atoms with van der Waals surface area (Å²) in [4.78, 5) is 3.33. The van der Waals surface area contributed by atoms with Crippen molar-refractivity contribution in [3.8, 4) is 0 Å². The third-order valence-corrected chi connectivity index (χ3v) is 4.85. The number of nitrogens with zero attached hydrogens (tertiary/aromatic N) is 3. The summed E-state index contributed by atoms with van der Waals surface area (Å²) in [6.07, 6.45) is 2.01. The first kappa shape index (κ1) is 18.8. The highest BCUT2D eigenvalue weighted by molar-refractivity contribution is 6.30. The molecule has 5 rings (SSSR count). The van der Waals surface area contributed by atoms with Crippen LogP contribution in [0, 0.1) is 0 Å². The zero-order valence-electron chi connectivity index (χ0n) is 14.8. The predicted octanol–water partition coefficient (Wildman–Crippen LogP) is 0.907. The highest BCUT2D eigenvalue weighted by Crippen LogP contribution is 2.25. The Kier molecular flexibility index (Phi) is 5.25. The van der Waals surface area contributed by atoms with Gasteiger partial charge in [-0.05, 0) is 42.5 Å². The molecular formula is C21H17ClIN5. The highest BCUT2D eigenvalue weighted by atomic mass is 127. The van der Waals surface area contributed by atoms with Crippen LogP contribution in [-0.4, -0.2) is 10.8 Å². The number of hydrazone groups is 1. The number of aromatic nitrogens is 1. The van der Waals surface area contributed by atoms with Gasteiger partial charge in [0.2, 0.25) is 0 Å². The molecule has 3 N–H and O–H groups in total. The van der Waals surface area contributed by atoms with Crippen molar-refractivity contribution in [2.24, 2.45) is 5.10 Å². The fraction of sp³-hybridized carbons (Fsp3) is 0. The van der Waals surface area contributed by atoms with Gasteiger partial charge >= 0.3 is 0 Å². The number of nitrogens with one attached hydrogen (secondary N) is 1. The quantitative estimate of drug-likeness (QED) is 0.324. The number of aromatic amines is 1. The van der Waals surface area contributed by atoms with Crippen LogP contribution in [0.25, 0.3) is 10.9 Å². The summed E-state index contributed by atoms with van der Waals surface area (Å²) in [7, 11) is 0. The van der Waals surface area contributed by atoms with E-state index >= 15 is 0 Å². The van der Waals surface area contributed by atoms with Crippen LogP contribution in [0.5, 0.6) is 0 Å². The van der Waals surface area contributed by atoms with Crippen LogP contribution in [0.15, 0.2) is 90.2 Å². The van der Waals surface area contributed by atoms with Gasteiger partial charge in [-0.3, -0.25) is 0 Å². The average Bonchev–Trinajstić information content (AvgIpc) is 3.33. The van der Waals surface area contributed by atoms with Crippen molar-refractivity contribution in [1.82, 2.24) is 4.98 Å². The summed E-state index contributed by atoms with van der Waals surface area (Å²) in [6.45, 7) is 0. The highest BCUT2D eigenvalue weighted by Gasteiger charge is 2.32. The van der Waals surface area contributed by atoms with Gasteiger partial charge < -0.3 is 29.0 Å². The molecule has 0 saturated carbocycles. The molecule has 0 unspecified atom stereocenters. The van der Waals surface area contributed by atoms with Gasteiger partial charge in [-0.1, -0.05) is 53.1 Å². The Balaban J connectivity index is 0.00000192. The maximum Gasteiger partial charge on any atom is 0.279 e. The van der Waals surface area contributed by atoms with Crippen molar-refractivity contribution < 1.29 is 29.4 Å². The van der Waals surface area contributed by atoms with Gasteiger partial charge in [0.15, 0.2) is 0 Å². The molecule has 7 heteroatoms. The molecule has 0 radical (unpaired) electrons. The maximum atomic E-state index is 6.07. The lowest BCUT2D eigenvalue weighted by Crippen LogP contribution is -3.00. The van der Waals surface area contributed by atoms with Gasteiger partial charge in [0.1, 0.15) is 5.69 Å². The molecule has 140 valence electrons. The number of anilines is 2. The van der Waals surface area contributed by atoms with Crippen LogP contribution in [0.1, 0.15) is 5.56 Å². The van der Waals surface area contributed by atoms with Crippen LogP contribution in [0.4, 0.5) is 11.4 Å². The van der Waals surface area contributed by atoms with Gasteiger partial charge in [0, 0.05) is 22.1 Å². The van der Waals surface area contributed by atoms with Crippen molar-refractivity contribution in [3.63, 3.8) is 0 Å². The summed E-state index contributed by atoms with van der Waals surface area (Å²) >= 11 is 6.07. The maximum absolute atomic E-state index is 6.07. The van der Waals surface area contributed by atoms with E-state index in [0.717, 1.165) is 33.7 Å². The molecule has 4 aromatic rings. The van der Waals surface area contributed by atoms with Crippen molar-refractivity contribution in [1.29, 1.82) is 0 Å². The topological polar surface area (TPSA) is 51.2 Å². The van der Waals surface area contributed by atoms with E-state index in [4.69, 9.17) is 16.7 Å². The average molecular weight is 502 g/mol. The molecule has 0 spiro atoms. The first-order valence-corrected chi connectivity index (χ1v) is 9.07. The van der Waals surface area contributed by atoms with Crippen molar-refractivity contribution in [3.05, 3.63) is 95.6 Å². The number of hydrogen-bond acceptors (Lipinski definition) is 3. The number of fused-ring (bicyclic) bond motifs is 1. The van der Waals surface area contributed by atoms with Gasteiger partial charge in [-0.15, -0.1) is 10.2 Å². The molecule has 0 atom stereocenters. The van der Waals surface area contributed by atoms with Crippen molar-refractivity contribution in [2.45, 2.75) is 0 Å². The SMILES string of the molecule is Clc1ccc(N2N=C(c3c[nH]c4ccccc34)[NH2+]N2c2ccccc2)cc1.[I-]. The van der Waals surface area contributed by atoms with Crippen LogP contribution in [0.3, 0.4) is 0 Å². The Labute approximate surface area is 184 Å². The number of halogens is 2. The van der Waals surface area contributed by atoms with Crippen LogP contribution >= 0.6 is 11.6 Å². The molecule has 5 nitrogen and oxygen atoms in total. The molecule has 2 heterocycles. The van der Waals surface area contributed by atoms with Gasteiger partial charge in [-0.2, -0.15) is 5.43 Å². The Hall–Kier alpha value is -2.55. The Morgan fingerprint density at radius 3 is 2.32 bits per heavy atom. The number of rotatable bonds is 3. The van der Waals surface area contributed by atoms with Gasteiger partial charge in [0.25, 0.3) is 5.84 Å². The number of hydrazine groups is 1. The van der Waals surface area contributed by atoms with E-state index in [2.05, 4.69) is 34.7 Å². The molecule has 0 fully saturated rings. The van der Waals surface area contributed by atoms with Crippen LogP contribution in [0.2, 0.25) is 5.02 Å². The van der Waals surface area contributed by atoms with Crippen molar-refractivity contribution >= 4 is 39.7 Å². The monoisotopic (exact) mass is 501 g/mol. The number of para-hydroxylation sites is 2. The lowest BCUT2D eigenvalue weighted by molar-refractivity contribution is -0.545. The molecule has 0 aliphatic carbocycles. The predicted molar refractivity (Wildman–Crippen MR) is 110 cm³/mol. The number of amidine groups is 1. The standard InChI is InChI=1S/C21H16ClN5.HI/c22-15-10-12-17(13-11-15)27-25-21(24-26(27)16-6-2-1-3-7-16)19-14-23-20-9-5-4-8-18(19)20;/h1-14,23H,(H,24,25);1H. The van der Waals surface area contributed by atoms with E-state index in [1.54, 1.807) is 0 Å². The molecule has 0 bridgehead atoms. The lowest BCUT2D eigenvalue weighted by Gasteiger charge is -2.23. The molecule has 28 heavy (non-hydrogen) atoms. The molecule has 3 aromatic carbocycles. The summed E-state index contributed by atoms with van der Waals surface area (Å²) in [5.74, 6) is 0.895. The number of quaternary nitrogens is 1. The zero-order chi connectivity index (χ0) is 18.2. The normalized spacial score (nSPS) is 13.5. The summed E-state index contributed by atoms with van der Waals surface area (Å²) in [5, 5.41) is 10.7. The van der Waals surface area contributed by atoms with E-state index < -0.39 is 0 Å². The van der Waals surface area contributed by atoms with E-state index in [-0.39, 0.29) is 24.0 Å². The Bertz CT molecular complexity index is 1120. The number of hydrogen-bond donors (Lipinski definition) is 2. The molecular weight excluding hydrogens is 485 g/mol. The second-order valence-electron chi connectivity index (χ2n) is 6.31.